The molecule has 1 saturated heterocycles. The number of hydrogen-bond donors (Lipinski definition) is 1. The molecule has 1 aliphatic heterocycles. The predicted molar refractivity (Wildman–Crippen MR) is 86.6 cm³/mol. The smallest absolute Gasteiger partial charge is 0.217 e. The molecule has 1 aromatic carbocycles. The Morgan fingerprint density at radius 2 is 2.10 bits per heavy atom. The summed E-state index contributed by atoms with van der Waals surface area (Å²) in [4.78, 5) is 6.93. The number of nitrogens with one attached hydrogen (secondary N) is 1. The van der Waals surface area contributed by atoms with Gasteiger partial charge in [-0.15, -0.1) is 0 Å². The van der Waals surface area contributed by atoms with E-state index in [1.54, 1.807) is 0 Å². The lowest BCUT2D eigenvalue weighted by Crippen LogP contribution is -2.27. The SMILES string of the molecule is CC(C)c1nc(=S)n(CN2CCCC2c2ccccc2)[nH]1. The number of H-pyrrole nitrogens is 1. The first-order valence-electron chi connectivity index (χ1n) is 7.61. The zero-order valence-electron chi connectivity index (χ0n) is 12.6. The molecule has 2 heterocycles. The van der Waals surface area contributed by atoms with Crippen LogP contribution in [0.5, 0.6) is 0 Å². The minimum Gasteiger partial charge on any atom is -0.282 e. The molecule has 112 valence electrons. The van der Waals surface area contributed by atoms with Crippen molar-refractivity contribution in [1.29, 1.82) is 0 Å². The second-order valence-electron chi connectivity index (χ2n) is 6.00. The fraction of sp³-hybridized carbons (Fsp3) is 0.500. The molecule has 1 fully saturated rings. The summed E-state index contributed by atoms with van der Waals surface area (Å²) in [5, 5.41) is 3.34. The minimum atomic E-state index is 0.372. The summed E-state index contributed by atoms with van der Waals surface area (Å²) >= 11 is 5.38. The molecule has 21 heavy (non-hydrogen) atoms. The van der Waals surface area contributed by atoms with Gasteiger partial charge in [0.25, 0.3) is 0 Å². The van der Waals surface area contributed by atoms with Crippen molar-refractivity contribution in [3.63, 3.8) is 0 Å². The zero-order chi connectivity index (χ0) is 14.8. The fourth-order valence-corrected chi connectivity index (χ4v) is 3.16. The molecule has 1 unspecified atom stereocenters. The quantitative estimate of drug-likeness (QED) is 0.871. The van der Waals surface area contributed by atoms with Crippen molar-refractivity contribution >= 4 is 12.2 Å². The molecule has 1 N–H and O–H groups in total. The molecule has 1 aliphatic rings. The van der Waals surface area contributed by atoms with Crippen LogP contribution in [0.3, 0.4) is 0 Å². The van der Waals surface area contributed by atoms with E-state index >= 15 is 0 Å². The summed E-state index contributed by atoms with van der Waals surface area (Å²) in [7, 11) is 0. The third kappa shape index (κ3) is 3.09. The topological polar surface area (TPSA) is 36.9 Å². The van der Waals surface area contributed by atoms with E-state index in [2.05, 4.69) is 59.2 Å². The van der Waals surface area contributed by atoms with Gasteiger partial charge in [-0.2, -0.15) is 0 Å². The van der Waals surface area contributed by atoms with E-state index < -0.39 is 0 Å². The maximum Gasteiger partial charge on any atom is 0.217 e. The van der Waals surface area contributed by atoms with Gasteiger partial charge in [0.2, 0.25) is 4.77 Å². The monoisotopic (exact) mass is 302 g/mol. The molecule has 0 spiro atoms. The molecule has 2 aromatic rings. The van der Waals surface area contributed by atoms with E-state index in [-0.39, 0.29) is 0 Å². The van der Waals surface area contributed by atoms with Crippen molar-refractivity contribution in [2.24, 2.45) is 0 Å². The number of aromatic nitrogens is 3. The Morgan fingerprint density at radius 1 is 1.33 bits per heavy atom. The van der Waals surface area contributed by atoms with Gasteiger partial charge >= 0.3 is 0 Å². The largest absolute Gasteiger partial charge is 0.282 e. The molecule has 4 nitrogen and oxygen atoms in total. The van der Waals surface area contributed by atoms with Gasteiger partial charge in [-0.3, -0.25) is 10.00 Å². The number of rotatable bonds is 4. The Balaban J connectivity index is 1.79. The Morgan fingerprint density at radius 3 is 2.76 bits per heavy atom. The van der Waals surface area contributed by atoms with E-state index in [1.165, 1.54) is 18.4 Å². The van der Waals surface area contributed by atoms with Crippen LogP contribution in [-0.4, -0.2) is 26.2 Å². The van der Waals surface area contributed by atoms with Gasteiger partial charge in [-0.1, -0.05) is 44.2 Å². The Bertz CT molecular complexity index is 644. The standard InChI is InChI=1S/C16H22N4S/c1-12(2)15-17-16(21)20(18-15)11-19-10-6-9-14(19)13-7-4-3-5-8-13/h3-5,7-8,12,14H,6,9-11H2,1-2H3,(H,17,18,21). The number of benzene rings is 1. The first-order valence-corrected chi connectivity index (χ1v) is 8.01. The molecule has 0 aliphatic carbocycles. The lowest BCUT2D eigenvalue weighted by molar-refractivity contribution is 0.189. The van der Waals surface area contributed by atoms with Crippen LogP contribution in [0.2, 0.25) is 0 Å². The van der Waals surface area contributed by atoms with Gasteiger partial charge in [-0.25, -0.2) is 9.67 Å². The number of hydrogen-bond acceptors (Lipinski definition) is 3. The van der Waals surface area contributed by atoms with Crippen molar-refractivity contribution < 1.29 is 0 Å². The molecule has 5 heteroatoms. The normalized spacial score (nSPS) is 19.5. The number of aromatic amines is 1. The first kappa shape index (κ1) is 14.5. The molecule has 0 bridgehead atoms. The highest BCUT2D eigenvalue weighted by Crippen LogP contribution is 2.31. The van der Waals surface area contributed by atoms with Gasteiger partial charge in [0, 0.05) is 18.5 Å². The highest BCUT2D eigenvalue weighted by molar-refractivity contribution is 7.71. The molecule has 1 aromatic heterocycles. The lowest BCUT2D eigenvalue weighted by Gasteiger charge is -2.24. The molecular weight excluding hydrogens is 280 g/mol. The van der Waals surface area contributed by atoms with Gasteiger partial charge in [-0.05, 0) is 30.6 Å². The summed E-state index contributed by atoms with van der Waals surface area (Å²) in [6.45, 7) is 6.15. The van der Waals surface area contributed by atoms with E-state index in [4.69, 9.17) is 12.2 Å². The minimum absolute atomic E-state index is 0.372. The van der Waals surface area contributed by atoms with Crippen LogP contribution < -0.4 is 0 Å². The molecule has 0 saturated carbocycles. The van der Waals surface area contributed by atoms with Crippen LogP contribution in [0.4, 0.5) is 0 Å². The highest BCUT2D eigenvalue weighted by atomic mass is 32.1. The summed E-state index contributed by atoms with van der Waals surface area (Å²) in [5.74, 6) is 1.34. The highest BCUT2D eigenvalue weighted by Gasteiger charge is 2.26. The molecule has 3 rings (SSSR count). The van der Waals surface area contributed by atoms with Crippen molar-refractivity contribution in [2.45, 2.75) is 45.3 Å². The molecule has 1 atom stereocenters. The van der Waals surface area contributed by atoms with E-state index in [0.29, 0.717) is 16.7 Å². The maximum absolute atomic E-state index is 5.38. The van der Waals surface area contributed by atoms with Gasteiger partial charge in [0.15, 0.2) is 0 Å². The third-order valence-electron chi connectivity index (χ3n) is 4.11. The van der Waals surface area contributed by atoms with Crippen molar-refractivity contribution in [2.75, 3.05) is 6.54 Å². The van der Waals surface area contributed by atoms with Crippen LogP contribution in [0.25, 0.3) is 0 Å². The van der Waals surface area contributed by atoms with Gasteiger partial charge in [0.05, 0.1) is 6.67 Å². The average molecular weight is 302 g/mol. The summed E-state index contributed by atoms with van der Waals surface area (Å²) < 4.78 is 2.64. The first-order chi connectivity index (χ1) is 10.1. The van der Waals surface area contributed by atoms with E-state index in [9.17, 15) is 0 Å². The van der Waals surface area contributed by atoms with Crippen molar-refractivity contribution in [3.8, 4) is 0 Å². The van der Waals surface area contributed by atoms with Crippen LogP contribution >= 0.6 is 12.2 Å². The molecule has 0 amide bonds. The third-order valence-corrected chi connectivity index (χ3v) is 4.43. The molecular formula is C16H22N4S. The summed E-state index contributed by atoms with van der Waals surface area (Å²) in [6, 6.07) is 11.2. The van der Waals surface area contributed by atoms with Crippen LogP contribution in [0.1, 0.15) is 50.0 Å². The molecule has 0 radical (unpaired) electrons. The lowest BCUT2D eigenvalue weighted by atomic mass is 10.1. The average Bonchev–Trinajstić information content (AvgIpc) is 3.08. The van der Waals surface area contributed by atoms with Crippen molar-refractivity contribution in [3.05, 3.63) is 46.5 Å². The Kier molecular flexibility index (Phi) is 4.22. The second-order valence-corrected chi connectivity index (χ2v) is 6.36. The van der Waals surface area contributed by atoms with Crippen LogP contribution in [0, 0.1) is 4.77 Å². The number of likely N-dealkylation sites (tertiary alicyclic amines) is 1. The van der Waals surface area contributed by atoms with Crippen molar-refractivity contribution in [1.82, 2.24) is 19.7 Å². The number of nitrogens with zero attached hydrogens (tertiary/aromatic N) is 3. The summed E-state index contributed by atoms with van der Waals surface area (Å²) in [6.07, 6.45) is 2.45. The summed E-state index contributed by atoms with van der Waals surface area (Å²) in [5.41, 5.74) is 1.39. The van der Waals surface area contributed by atoms with E-state index in [1.807, 2.05) is 4.68 Å². The zero-order valence-corrected chi connectivity index (χ0v) is 13.4. The maximum atomic E-state index is 5.38. The second kappa shape index (κ2) is 6.12. The van der Waals surface area contributed by atoms with E-state index in [0.717, 1.165) is 19.0 Å². The van der Waals surface area contributed by atoms with Gasteiger partial charge in [0.1, 0.15) is 5.82 Å². The Labute approximate surface area is 130 Å². The van der Waals surface area contributed by atoms with Crippen LogP contribution in [0.15, 0.2) is 30.3 Å². The predicted octanol–water partition coefficient (Wildman–Crippen LogP) is 3.86. The Hall–Kier alpha value is -1.46. The van der Waals surface area contributed by atoms with Crippen LogP contribution in [-0.2, 0) is 6.67 Å². The van der Waals surface area contributed by atoms with Gasteiger partial charge < -0.3 is 0 Å². The fourth-order valence-electron chi connectivity index (χ4n) is 2.96.